The second-order valence-electron chi connectivity index (χ2n) is 6.22. The van der Waals surface area contributed by atoms with Gasteiger partial charge >= 0.3 is 0 Å². The first-order valence-electron chi connectivity index (χ1n) is 9.30. The minimum Gasteiger partial charge on any atom is -0.493 e. The van der Waals surface area contributed by atoms with Gasteiger partial charge in [0.2, 0.25) is 5.91 Å². The third-order valence-electron chi connectivity index (χ3n) is 4.21. The maximum atomic E-state index is 12.1. The zero-order valence-corrected chi connectivity index (χ0v) is 17.3. The van der Waals surface area contributed by atoms with E-state index < -0.39 is 0 Å². The van der Waals surface area contributed by atoms with Gasteiger partial charge in [-0.1, -0.05) is 48.2 Å². The highest BCUT2D eigenvalue weighted by atomic mass is 32.2. The number of thioether (sulfide) groups is 1. The minimum absolute atomic E-state index is 0.0657. The standard InChI is InChI=1S/C21H24N4O3S/c1-3-25-15-23-24-21(25)29-14-20(26)22-12-17-9-10-18(19(11-17)27-2)28-13-16-7-5-4-6-8-16/h4-11,15H,3,12-14H2,1-2H3,(H,22,26). The summed E-state index contributed by atoms with van der Waals surface area (Å²) in [5.41, 5.74) is 2.02. The summed E-state index contributed by atoms with van der Waals surface area (Å²) in [7, 11) is 1.60. The lowest BCUT2D eigenvalue weighted by Gasteiger charge is -2.13. The fraction of sp³-hybridized carbons (Fsp3) is 0.286. The first-order chi connectivity index (χ1) is 14.2. The van der Waals surface area contributed by atoms with E-state index in [1.165, 1.54) is 11.8 Å². The second-order valence-corrected chi connectivity index (χ2v) is 7.17. The van der Waals surface area contributed by atoms with Gasteiger partial charge in [0.05, 0.1) is 12.9 Å². The smallest absolute Gasteiger partial charge is 0.230 e. The monoisotopic (exact) mass is 412 g/mol. The summed E-state index contributed by atoms with van der Waals surface area (Å²) >= 11 is 1.37. The van der Waals surface area contributed by atoms with Crippen LogP contribution < -0.4 is 14.8 Å². The largest absolute Gasteiger partial charge is 0.493 e. The predicted molar refractivity (Wildman–Crippen MR) is 112 cm³/mol. The fourth-order valence-corrected chi connectivity index (χ4v) is 3.44. The Labute approximate surface area is 174 Å². The Hall–Kier alpha value is -3.00. The normalized spacial score (nSPS) is 10.6. The molecule has 0 aliphatic carbocycles. The Bertz CT molecular complexity index is 931. The van der Waals surface area contributed by atoms with Gasteiger partial charge in [-0.05, 0) is 30.2 Å². The number of carbonyl (C=O) groups excluding carboxylic acids is 1. The number of methoxy groups -OCH3 is 1. The number of ether oxygens (including phenoxy) is 2. The van der Waals surface area contributed by atoms with Crippen molar-refractivity contribution in [1.82, 2.24) is 20.1 Å². The molecule has 7 nitrogen and oxygen atoms in total. The van der Waals surface area contributed by atoms with Crippen LogP contribution in [0.1, 0.15) is 18.1 Å². The van der Waals surface area contributed by atoms with E-state index in [-0.39, 0.29) is 11.7 Å². The summed E-state index contributed by atoms with van der Waals surface area (Å²) in [5, 5.41) is 11.5. The summed E-state index contributed by atoms with van der Waals surface area (Å²) in [5.74, 6) is 1.52. The van der Waals surface area contributed by atoms with Gasteiger partial charge in [0.1, 0.15) is 12.9 Å². The van der Waals surface area contributed by atoms with E-state index in [2.05, 4.69) is 15.5 Å². The van der Waals surface area contributed by atoms with E-state index in [0.29, 0.717) is 24.7 Å². The Balaban J connectivity index is 1.51. The van der Waals surface area contributed by atoms with Crippen LogP contribution >= 0.6 is 11.8 Å². The molecule has 3 rings (SSSR count). The van der Waals surface area contributed by atoms with Crippen LogP contribution in [0.4, 0.5) is 0 Å². The van der Waals surface area contributed by atoms with Crippen molar-refractivity contribution in [3.8, 4) is 11.5 Å². The number of rotatable bonds is 10. The van der Waals surface area contributed by atoms with E-state index in [4.69, 9.17) is 9.47 Å². The molecule has 0 spiro atoms. The van der Waals surface area contributed by atoms with Gasteiger partial charge < -0.3 is 19.4 Å². The molecule has 8 heteroatoms. The van der Waals surface area contributed by atoms with Gasteiger partial charge in [0.15, 0.2) is 16.7 Å². The summed E-state index contributed by atoms with van der Waals surface area (Å²) in [6, 6.07) is 15.6. The molecule has 0 unspecified atom stereocenters. The summed E-state index contributed by atoms with van der Waals surface area (Å²) < 4.78 is 13.2. The Kier molecular flexibility index (Phi) is 7.52. The van der Waals surface area contributed by atoms with Crippen LogP contribution in [0.2, 0.25) is 0 Å². The molecule has 152 valence electrons. The van der Waals surface area contributed by atoms with Crippen molar-refractivity contribution < 1.29 is 14.3 Å². The molecule has 3 aromatic rings. The van der Waals surface area contributed by atoms with Crippen LogP contribution in [-0.4, -0.2) is 33.5 Å². The summed E-state index contributed by atoms with van der Waals surface area (Å²) in [6.07, 6.45) is 1.66. The van der Waals surface area contributed by atoms with Gasteiger partial charge in [-0.3, -0.25) is 4.79 Å². The number of carbonyl (C=O) groups is 1. The van der Waals surface area contributed by atoms with Crippen molar-refractivity contribution in [3.05, 3.63) is 66.0 Å². The van der Waals surface area contributed by atoms with Crippen molar-refractivity contribution in [1.29, 1.82) is 0 Å². The molecule has 0 aliphatic heterocycles. The zero-order chi connectivity index (χ0) is 20.5. The topological polar surface area (TPSA) is 78.3 Å². The zero-order valence-electron chi connectivity index (χ0n) is 16.5. The number of aryl methyl sites for hydroxylation is 1. The highest BCUT2D eigenvalue weighted by molar-refractivity contribution is 7.99. The first-order valence-corrected chi connectivity index (χ1v) is 10.3. The van der Waals surface area contributed by atoms with Crippen LogP contribution in [0.15, 0.2) is 60.0 Å². The van der Waals surface area contributed by atoms with Crippen molar-refractivity contribution in [3.63, 3.8) is 0 Å². The lowest BCUT2D eigenvalue weighted by Crippen LogP contribution is -2.24. The molecule has 0 saturated carbocycles. The molecule has 0 aliphatic rings. The predicted octanol–water partition coefficient (Wildman–Crippen LogP) is 3.29. The quantitative estimate of drug-likeness (QED) is 0.515. The fourth-order valence-electron chi connectivity index (χ4n) is 2.63. The minimum atomic E-state index is -0.0657. The van der Waals surface area contributed by atoms with Crippen LogP contribution in [0.25, 0.3) is 0 Å². The number of amides is 1. The average Bonchev–Trinajstić information content (AvgIpc) is 3.23. The van der Waals surface area contributed by atoms with E-state index in [9.17, 15) is 4.79 Å². The van der Waals surface area contributed by atoms with Gasteiger partial charge in [-0.15, -0.1) is 10.2 Å². The third-order valence-corrected chi connectivity index (χ3v) is 5.19. The number of nitrogens with zero attached hydrogens (tertiary/aromatic N) is 3. The van der Waals surface area contributed by atoms with Crippen LogP contribution in [0, 0.1) is 0 Å². The Morgan fingerprint density at radius 3 is 2.72 bits per heavy atom. The molecule has 0 saturated heterocycles. The van der Waals surface area contributed by atoms with E-state index >= 15 is 0 Å². The van der Waals surface area contributed by atoms with Crippen LogP contribution in [-0.2, 0) is 24.5 Å². The molecule has 2 aromatic carbocycles. The number of hydrogen-bond donors (Lipinski definition) is 1. The highest BCUT2D eigenvalue weighted by Gasteiger charge is 2.10. The molecular formula is C21H24N4O3S. The third kappa shape index (κ3) is 5.99. The number of nitrogens with one attached hydrogen (secondary N) is 1. The van der Waals surface area contributed by atoms with E-state index in [1.807, 2.05) is 60.0 Å². The lowest BCUT2D eigenvalue weighted by molar-refractivity contribution is -0.118. The van der Waals surface area contributed by atoms with Gasteiger partial charge in [-0.2, -0.15) is 0 Å². The molecule has 0 fully saturated rings. The van der Waals surface area contributed by atoms with Crippen LogP contribution in [0.5, 0.6) is 11.5 Å². The van der Waals surface area contributed by atoms with Crippen LogP contribution in [0.3, 0.4) is 0 Å². The van der Waals surface area contributed by atoms with E-state index in [1.54, 1.807) is 13.4 Å². The van der Waals surface area contributed by atoms with Crippen molar-refractivity contribution in [2.24, 2.45) is 0 Å². The van der Waals surface area contributed by atoms with Crippen molar-refractivity contribution >= 4 is 17.7 Å². The Morgan fingerprint density at radius 1 is 1.14 bits per heavy atom. The molecule has 1 heterocycles. The first kappa shape index (κ1) is 20.7. The molecule has 0 radical (unpaired) electrons. The number of hydrogen-bond acceptors (Lipinski definition) is 6. The summed E-state index contributed by atoms with van der Waals surface area (Å²) in [6.45, 7) is 3.66. The molecule has 1 amide bonds. The van der Waals surface area contributed by atoms with Gasteiger partial charge in [0.25, 0.3) is 0 Å². The van der Waals surface area contributed by atoms with Gasteiger partial charge in [-0.25, -0.2) is 0 Å². The highest BCUT2D eigenvalue weighted by Crippen LogP contribution is 2.29. The maximum absolute atomic E-state index is 12.1. The van der Waals surface area contributed by atoms with Gasteiger partial charge in [0, 0.05) is 13.1 Å². The SMILES string of the molecule is CCn1cnnc1SCC(=O)NCc1ccc(OCc2ccccc2)c(OC)c1. The molecule has 0 atom stereocenters. The van der Waals surface area contributed by atoms with Crippen molar-refractivity contribution in [2.45, 2.75) is 31.8 Å². The molecule has 29 heavy (non-hydrogen) atoms. The number of benzene rings is 2. The average molecular weight is 413 g/mol. The molecule has 1 aromatic heterocycles. The molecule has 1 N–H and O–H groups in total. The molecule has 0 bridgehead atoms. The van der Waals surface area contributed by atoms with E-state index in [0.717, 1.165) is 22.8 Å². The Morgan fingerprint density at radius 2 is 1.97 bits per heavy atom. The summed E-state index contributed by atoms with van der Waals surface area (Å²) in [4.78, 5) is 12.1. The van der Waals surface area contributed by atoms with Crippen molar-refractivity contribution in [2.75, 3.05) is 12.9 Å². The maximum Gasteiger partial charge on any atom is 0.230 e. The second kappa shape index (κ2) is 10.5. The lowest BCUT2D eigenvalue weighted by atomic mass is 10.2. The molecular weight excluding hydrogens is 388 g/mol. The number of aromatic nitrogens is 3.